The van der Waals surface area contributed by atoms with Gasteiger partial charge in [-0.1, -0.05) is 5.21 Å². The van der Waals surface area contributed by atoms with E-state index in [0.717, 1.165) is 11.6 Å². The largest absolute Gasteiger partial charge is 0.284 e. The standard InChI is InChI=1S/C5H7BrN4O3S/c1-3(11)8-14(12,13)5-4(6)7-9-10(5)2/h1-2H3,(H,8,11). The molecule has 1 heterocycles. The minimum absolute atomic E-state index is 0.0637. The van der Waals surface area contributed by atoms with Crippen LogP contribution in [0.2, 0.25) is 0 Å². The number of nitrogens with zero attached hydrogens (tertiary/aromatic N) is 3. The van der Waals surface area contributed by atoms with Gasteiger partial charge in [-0.15, -0.1) is 5.10 Å². The number of carbonyl (C=O) groups is 1. The minimum Gasteiger partial charge on any atom is -0.274 e. The summed E-state index contributed by atoms with van der Waals surface area (Å²) in [5, 5.41) is 6.78. The molecule has 14 heavy (non-hydrogen) atoms. The average Bonchev–Trinajstić information content (AvgIpc) is 2.27. The van der Waals surface area contributed by atoms with Crippen molar-refractivity contribution >= 4 is 31.9 Å². The Morgan fingerprint density at radius 3 is 2.50 bits per heavy atom. The molecule has 0 fully saturated rings. The Morgan fingerprint density at radius 2 is 2.14 bits per heavy atom. The number of amides is 1. The van der Waals surface area contributed by atoms with E-state index < -0.39 is 15.9 Å². The molecular weight excluding hydrogens is 276 g/mol. The Morgan fingerprint density at radius 1 is 1.57 bits per heavy atom. The van der Waals surface area contributed by atoms with E-state index >= 15 is 0 Å². The number of nitrogens with one attached hydrogen (secondary N) is 1. The van der Waals surface area contributed by atoms with Crippen molar-refractivity contribution in [3.63, 3.8) is 0 Å². The number of aromatic nitrogens is 3. The van der Waals surface area contributed by atoms with Gasteiger partial charge < -0.3 is 0 Å². The van der Waals surface area contributed by atoms with Gasteiger partial charge in [0.25, 0.3) is 10.0 Å². The number of carbonyl (C=O) groups excluding carboxylic acids is 1. The number of hydrogen-bond donors (Lipinski definition) is 1. The molecule has 0 atom stereocenters. The van der Waals surface area contributed by atoms with E-state index in [9.17, 15) is 13.2 Å². The molecular formula is C5H7BrN4O3S. The van der Waals surface area contributed by atoms with Crippen LogP contribution in [0, 0.1) is 0 Å². The number of halogens is 1. The predicted molar refractivity (Wildman–Crippen MR) is 49.7 cm³/mol. The second-order valence-corrected chi connectivity index (χ2v) is 4.82. The van der Waals surface area contributed by atoms with Crippen molar-refractivity contribution in [2.45, 2.75) is 11.9 Å². The summed E-state index contributed by atoms with van der Waals surface area (Å²) >= 11 is 2.92. The highest BCUT2D eigenvalue weighted by Gasteiger charge is 2.24. The van der Waals surface area contributed by atoms with Crippen LogP contribution in [-0.2, 0) is 21.9 Å². The third-order valence-electron chi connectivity index (χ3n) is 1.27. The van der Waals surface area contributed by atoms with Crippen LogP contribution in [-0.4, -0.2) is 29.3 Å². The maximum absolute atomic E-state index is 11.5. The van der Waals surface area contributed by atoms with Gasteiger partial charge >= 0.3 is 0 Å². The average molecular weight is 283 g/mol. The van der Waals surface area contributed by atoms with Crippen molar-refractivity contribution in [1.82, 2.24) is 19.7 Å². The molecule has 0 radical (unpaired) electrons. The van der Waals surface area contributed by atoms with Crippen molar-refractivity contribution in [1.29, 1.82) is 0 Å². The zero-order valence-corrected chi connectivity index (χ0v) is 9.76. The molecule has 1 aromatic heterocycles. The monoisotopic (exact) mass is 282 g/mol. The Kier molecular flexibility index (Phi) is 2.90. The van der Waals surface area contributed by atoms with Gasteiger partial charge in [0.2, 0.25) is 10.9 Å². The summed E-state index contributed by atoms with van der Waals surface area (Å²) < 4.78 is 25.9. The van der Waals surface area contributed by atoms with Crippen LogP contribution >= 0.6 is 15.9 Å². The molecule has 1 aromatic rings. The molecule has 1 amide bonds. The summed E-state index contributed by atoms with van der Waals surface area (Å²) in [7, 11) is -2.48. The molecule has 78 valence electrons. The number of sulfonamides is 1. The maximum Gasteiger partial charge on any atom is 0.284 e. The van der Waals surface area contributed by atoms with Crippen LogP contribution in [0.3, 0.4) is 0 Å². The normalized spacial score (nSPS) is 11.4. The van der Waals surface area contributed by atoms with Crippen LogP contribution < -0.4 is 4.72 Å². The topological polar surface area (TPSA) is 93.9 Å². The molecule has 7 nitrogen and oxygen atoms in total. The van der Waals surface area contributed by atoms with Gasteiger partial charge in [0.15, 0.2) is 4.60 Å². The zero-order valence-electron chi connectivity index (χ0n) is 7.35. The van der Waals surface area contributed by atoms with E-state index in [1.807, 2.05) is 0 Å². The van der Waals surface area contributed by atoms with Crippen LogP contribution in [0.25, 0.3) is 0 Å². The molecule has 0 unspecified atom stereocenters. The lowest BCUT2D eigenvalue weighted by molar-refractivity contribution is -0.117. The Balaban J connectivity index is 3.23. The third-order valence-corrected chi connectivity index (χ3v) is 3.59. The highest BCUT2D eigenvalue weighted by Crippen LogP contribution is 2.17. The van der Waals surface area contributed by atoms with Gasteiger partial charge in [-0.2, -0.15) is 8.42 Å². The van der Waals surface area contributed by atoms with Crippen molar-refractivity contribution in [2.24, 2.45) is 7.05 Å². The van der Waals surface area contributed by atoms with Crippen molar-refractivity contribution in [2.75, 3.05) is 0 Å². The summed E-state index contributed by atoms with van der Waals surface area (Å²) in [6.45, 7) is 1.11. The molecule has 0 spiro atoms. The van der Waals surface area contributed by atoms with Gasteiger partial charge in [0.05, 0.1) is 0 Å². The van der Waals surface area contributed by atoms with E-state index in [1.165, 1.54) is 7.05 Å². The first-order chi connectivity index (χ1) is 6.34. The van der Waals surface area contributed by atoms with Crippen LogP contribution in [0.1, 0.15) is 6.92 Å². The first kappa shape index (κ1) is 11.1. The lowest BCUT2D eigenvalue weighted by atomic mass is 10.8. The maximum atomic E-state index is 11.5. The summed E-state index contributed by atoms with van der Waals surface area (Å²) in [5.74, 6) is -0.668. The first-order valence-corrected chi connectivity index (χ1v) is 5.71. The molecule has 0 aromatic carbocycles. The lowest BCUT2D eigenvalue weighted by Crippen LogP contribution is -2.30. The summed E-state index contributed by atoms with van der Waals surface area (Å²) in [6, 6.07) is 0. The highest BCUT2D eigenvalue weighted by atomic mass is 79.9. The fraction of sp³-hybridized carbons (Fsp3) is 0.400. The van der Waals surface area contributed by atoms with Crippen LogP contribution in [0.4, 0.5) is 0 Å². The second-order valence-electron chi connectivity index (χ2n) is 2.47. The Hall–Kier alpha value is -0.960. The van der Waals surface area contributed by atoms with Gasteiger partial charge in [-0.25, -0.2) is 9.40 Å². The van der Waals surface area contributed by atoms with Crippen LogP contribution in [0.15, 0.2) is 9.63 Å². The number of rotatable bonds is 2. The predicted octanol–water partition coefficient (Wildman–Crippen LogP) is -0.598. The number of hydrogen-bond acceptors (Lipinski definition) is 5. The molecule has 0 aliphatic carbocycles. The Labute approximate surface area is 88.7 Å². The molecule has 0 aliphatic heterocycles. The molecule has 0 bridgehead atoms. The van der Waals surface area contributed by atoms with E-state index in [2.05, 4.69) is 26.2 Å². The van der Waals surface area contributed by atoms with E-state index in [1.54, 1.807) is 4.72 Å². The molecule has 1 N–H and O–H groups in total. The lowest BCUT2D eigenvalue weighted by Gasteiger charge is -2.03. The summed E-state index contributed by atoms with van der Waals surface area (Å²) in [5.41, 5.74) is 0. The zero-order chi connectivity index (χ0) is 10.9. The third kappa shape index (κ3) is 2.10. The highest BCUT2D eigenvalue weighted by molar-refractivity contribution is 9.10. The van der Waals surface area contributed by atoms with Crippen molar-refractivity contribution in [3.8, 4) is 0 Å². The van der Waals surface area contributed by atoms with Crippen molar-refractivity contribution < 1.29 is 13.2 Å². The van der Waals surface area contributed by atoms with Crippen molar-refractivity contribution in [3.05, 3.63) is 4.60 Å². The summed E-state index contributed by atoms with van der Waals surface area (Å²) in [4.78, 5) is 10.6. The second kappa shape index (κ2) is 3.65. The fourth-order valence-electron chi connectivity index (χ4n) is 0.846. The smallest absolute Gasteiger partial charge is 0.274 e. The molecule has 0 saturated carbocycles. The van der Waals surface area contributed by atoms with E-state index in [0.29, 0.717) is 0 Å². The quantitative estimate of drug-likeness (QED) is 0.782. The minimum atomic E-state index is -3.89. The SMILES string of the molecule is CC(=O)NS(=O)(=O)c1c(Br)nnn1C. The van der Waals surface area contributed by atoms with E-state index in [4.69, 9.17) is 0 Å². The molecule has 0 saturated heterocycles. The van der Waals surface area contributed by atoms with Gasteiger partial charge in [0, 0.05) is 14.0 Å². The first-order valence-electron chi connectivity index (χ1n) is 3.43. The van der Waals surface area contributed by atoms with E-state index in [-0.39, 0.29) is 9.63 Å². The summed E-state index contributed by atoms with van der Waals surface area (Å²) in [6.07, 6.45) is 0. The molecule has 1 rings (SSSR count). The Bertz CT molecular complexity index is 446. The molecule has 9 heteroatoms. The number of aryl methyl sites for hydroxylation is 1. The van der Waals surface area contributed by atoms with Gasteiger partial charge in [0.1, 0.15) is 0 Å². The molecule has 0 aliphatic rings. The van der Waals surface area contributed by atoms with Crippen LogP contribution in [0.5, 0.6) is 0 Å². The fourth-order valence-corrected chi connectivity index (χ4v) is 2.93. The van der Waals surface area contributed by atoms with Gasteiger partial charge in [-0.05, 0) is 15.9 Å². The van der Waals surface area contributed by atoms with Gasteiger partial charge in [-0.3, -0.25) is 4.79 Å².